The largest absolute Gasteiger partial charge is 0.491 e. The highest BCUT2D eigenvalue weighted by atomic mass is 19.4. The summed E-state index contributed by atoms with van der Waals surface area (Å²) >= 11 is 0. The van der Waals surface area contributed by atoms with Gasteiger partial charge in [0, 0.05) is 6.04 Å². The Kier molecular flexibility index (Phi) is 6.00. The molecule has 1 aliphatic rings. The molecular formula is C13H17F3N2O3. The molecule has 8 heteroatoms. The normalized spacial score (nSPS) is 22.0. The van der Waals surface area contributed by atoms with Crippen LogP contribution in [0.4, 0.5) is 13.2 Å². The molecule has 0 aromatic carbocycles. The first kappa shape index (κ1) is 17.3. The number of ether oxygens (including phenoxy) is 1. The van der Waals surface area contributed by atoms with E-state index in [0.717, 1.165) is 24.2 Å². The van der Waals surface area contributed by atoms with Crippen LogP contribution in [0.15, 0.2) is 0 Å². The number of hydrogen-bond acceptors (Lipinski definition) is 5. The fourth-order valence-corrected chi connectivity index (χ4v) is 2.40. The average Bonchev–Trinajstić information content (AvgIpc) is 2.80. The minimum absolute atomic E-state index is 0.180. The lowest BCUT2D eigenvalue weighted by Crippen LogP contribution is -2.41. The van der Waals surface area contributed by atoms with Crippen molar-refractivity contribution in [2.45, 2.75) is 63.7 Å². The number of carbonyl (C=O) groups excluding carboxylic acids is 2. The number of rotatable bonds is 5. The molecule has 118 valence electrons. The van der Waals surface area contributed by atoms with Gasteiger partial charge in [0.15, 0.2) is 6.19 Å². The summed E-state index contributed by atoms with van der Waals surface area (Å²) in [6.07, 6.45) is 0.908. The number of nitriles is 1. The van der Waals surface area contributed by atoms with Gasteiger partial charge in [0.05, 0.1) is 0 Å². The molecule has 1 fully saturated rings. The Labute approximate surface area is 120 Å². The van der Waals surface area contributed by atoms with Crippen molar-refractivity contribution in [3.8, 4) is 6.19 Å². The van der Waals surface area contributed by atoms with E-state index in [-0.39, 0.29) is 12.5 Å². The number of likely N-dealkylation sites (tertiary alicyclic amines) is 1. The molecule has 2 unspecified atom stereocenters. The minimum Gasteiger partial charge on any atom is -0.385 e. The molecule has 1 aliphatic heterocycles. The molecule has 0 aromatic heterocycles. The molecule has 21 heavy (non-hydrogen) atoms. The number of halogens is 3. The molecule has 0 bridgehead atoms. The summed E-state index contributed by atoms with van der Waals surface area (Å²) in [4.78, 5) is 23.4. The monoisotopic (exact) mass is 306 g/mol. The van der Waals surface area contributed by atoms with Gasteiger partial charge in [-0.05, 0) is 19.3 Å². The molecule has 0 amide bonds. The first-order chi connectivity index (χ1) is 9.81. The Morgan fingerprint density at radius 1 is 1.33 bits per heavy atom. The lowest BCUT2D eigenvalue weighted by molar-refractivity contribution is -0.203. The maximum Gasteiger partial charge on any atom is 0.491 e. The second kappa shape index (κ2) is 7.29. The highest BCUT2D eigenvalue weighted by Gasteiger charge is 2.45. The Hall–Kier alpha value is -1.78. The number of esters is 2. The highest BCUT2D eigenvalue weighted by molar-refractivity contribution is 5.91. The summed E-state index contributed by atoms with van der Waals surface area (Å²) < 4.78 is 40.0. The highest BCUT2D eigenvalue weighted by Crippen LogP contribution is 2.28. The van der Waals surface area contributed by atoms with E-state index in [4.69, 9.17) is 5.26 Å². The molecule has 0 aromatic rings. The van der Waals surface area contributed by atoms with Crippen LogP contribution in [0.2, 0.25) is 0 Å². The fourth-order valence-electron chi connectivity index (χ4n) is 2.40. The SMILES string of the molecule is CCCCCC1CCC(C(=O)OC(=O)C(F)(F)F)N1C#N. The van der Waals surface area contributed by atoms with Crippen molar-refractivity contribution in [2.24, 2.45) is 0 Å². The molecule has 1 rings (SSSR count). The van der Waals surface area contributed by atoms with Crippen LogP contribution in [0.5, 0.6) is 0 Å². The van der Waals surface area contributed by atoms with E-state index in [1.165, 1.54) is 0 Å². The summed E-state index contributed by atoms with van der Waals surface area (Å²) in [5, 5.41) is 9.07. The van der Waals surface area contributed by atoms with Gasteiger partial charge in [-0.1, -0.05) is 26.2 Å². The van der Waals surface area contributed by atoms with Crippen LogP contribution in [0.25, 0.3) is 0 Å². The number of unbranched alkanes of at least 4 members (excludes halogenated alkanes) is 2. The van der Waals surface area contributed by atoms with Crippen molar-refractivity contribution >= 4 is 11.9 Å². The Morgan fingerprint density at radius 2 is 2.00 bits per heavy atom. The van der Waals surface area contributed by atoms with Gasteiger partial charge in [-0.3, -0.25) is 4.90 Å². The van der Waals surface area contributed by atoms with E-state index in [9.17, 15) is 22.8 Å². The van der Waals surface area contributed by atoms with Crippen LogP contribution < -0.4 is 0 Å². The summed E-state index contributed by atoms with van der Waals surface area (Å²) in [5.41, 5.74) is 0. The predicted octanol–water partition coefficient (Wildman–Crippen LogP) is 2.51. The molecule has 0 aliphatic carbocycles. The summed E-state index contributed by atoms with van der Waals surface area (Å²) in [7, 11) is 0. The van der Waals surface area contributed by atoms with Crippen LogP contribution >= 0.6 is 0 Å². The van der Waals surface area contributed by atoms with Crippen LogP contribution in [0, 0.1) is 11.5 Å². The van der Waals surface area contributed by atoms with Gasteiger partial charge in [-0.15, -0.1) is 0 Å². The molecule has 0 saturated carbocycles. The number of hydrogen-bond donors (Lipinski definition) is 0. The molecule has 1 saturated heterocycles. The lowest BCUT2D eigenvalue weighted by atomic mass is 10.1. The third kappa shape index (κ3) is 4.62. The summed E-state index contributed by atoms with van der Waals surface area (Å²) in [5.74, 6) is -3.85. The van der Waals surface area contributed by atoms with E-state index in [1.54, 1.807) is 0 Å². The standard InChI is InChI=1S/C13H17F3N2O3/c1-2-3-4-5-9-6-7-10(18(9)8-17)11(19)21-12(20)13(14,15)16/h9-10H,2-7H2,1H3. The zero-order chi connectivity index (χ0) is 16.0. The summed E-state index contributed by atoms with van der Waals surface area (Å²) in [6, 6.07) is -1.28. The third-order valence-electron chi connectivity index (χ3n) is 3.46. The number of carbonyl (C=O) groups is 2. The van der Waals surface area contributed by atoms with E-state index < -0.39 is 24.2 Å². The van der Waals surface area contributed by atoms with Crippen LogP contribution in [0.1, 0.15) is 45.4 Å². The fraction of sp³-hybridized carbons (Fsp3) is 0.769. The second-order valence-electron chi connectivity index (χ2n) is 4.96. The molecule has 0 radical (unpaired) electrons. The van der Waals surface area contributed by atoms with Crippen LogP contribution in [0.3, 0.4) is 0 Å². The van der Waals surface area contributed by atoms with Gasteiger partial charge >= 0.3 is 18.1 Å². The van der Waals surface area contributed by atoms with E-state index in [1.807, 2.05) is 13.1 Å². The molecule has 0 N–H and O–H groups in total. The Balaban J connectivity index is 2.61. The number of alkyl halides is 3. The van der Waals surface area contributed by atoms with Crippen molar-refractivity contribution in [1.29, 1.82) is 5.26 Å². The topological polar surface area (TPSA) is 70.4 Å². The average molecular weight is 306 g/mol. The quantitative estimate of drug-likeness (QED) is 0.338. The van der Waals surface area contributed by atoms with Crippen molar-refractivity contribution in [3.05, 3.63) is 0 Å². The first-order valence-corrected chi connectivity index (χ1v) is 6.82. The molecular weight excluding hydrogens is 289 g/mol. The Morgan fingerprint density at radius 3 is 2.52 bits per heavy atom. The third-order valence-corrected chi connectivity index (χ3v) is 3.46. The van der Waals surface area contributed by atoms with E-state index in [0.29, 0.717) is 12.8 Å². The number of nitrogens with zero attached hydrogens (tertiary/aromatic N) is 2. The maximum atomic E-state index is 12.1. The first-order valence-electron chi connectivity index (χ1n) is 6.82. The summed E-state index contributed by atoms with van der Waals surface area (Å²) in [6.45, 7) is 2.03. The minimum atomic E-state index is -5.22. The van der Waals surface area contributed by atoms with Gasteiger partial charge in [-0.2, -0.15) is 18.4 Å². The van der Waals surface area contributed by atoms with Gasteiger partial charge < -0.3 is 4.74 Å². The van der Waals surface area contributed by atoms with Gasteiger partial charge in [0.1, 0.15) is 6.04 Å². The zero-order valence-corrected chi connectivity index (χ0v) is 11.7. The second-order valence-corrected chi connectivity index (χ2v) is 4.96. The van der Waals surface area contributed by atoms with E-state index in [2.05, 4.69) is 4.74 Å². The van der Waals surface area contributed by atoms with Gasteiger partial charge in [-0.25, -0.2) is 9.59 Å². The van der Waals surface area contributed by atoms with Gasteiger partial charge in [0.2, 0.25) is 0 Å². The zero-order valence-electron chi connectivity index (χ0n) is 11.7. The maximum absolute atomic E-state index is 12.1. The van der Waals surface area contributed by atoms with Gasteiger partial charge in [0.25, 0.3) is 0 Å². The smallest absolute Gasteiger partial charge is 0.385 e. The van der Waals surface area contributed by atoms with Crippen LogP contribution in [-0.2, 0) is 14.3 Å². The van der Waals surface area contributed by atoms with Crippen molar-refractivity contribution < 1.29 is 27.5 Å². The molecule has 0 spiro atoms. The molecule has 5 nitrogen and oxygen atoms in total. The van der Waals surface area contributed by atoms with Crippen molar-refractivity contribution in [2.75, 3.05) is 0 Å². The van der Waals surface area contributed by atoms with Crippen molar-refractivity contribution in [3.63, 3.8) is 0 Å². The van der Waals surface area contributed by atoms with Crippen LogP contribution in [-0.4, -0.2) is 35.1 Å². The Bertz CT molecular complexity index is 431. The molecule has 2 atom stereocenters. The predicted molar refractivity (Wildman–Crippen MR) is 65.6 cm³/mol. The lowest BCUT2D eigenvalue weighted by Gasteiger charge is -2.23. The van der Waals surface area contributed by atoms with Crippen molar-refractivity contribution in [1.82, 2.24) is 4.90 Å². The molecule has 1 heterocycles. The van der Waals surface area contributed by atoms with E-state index >= 15 is 0 Å².